The Balaban J connectivity index is 1.57. The Morgan fingerprint density at radius 1 is 1.25 bits per heavy atom. The quantitative estimate of drug-likeness (QED) is 0.767. The van der Waals surface area contributed by atoms with Gasteiger partial charge in [-0.2, -0.15) is 0 Å². The van der Waals surface area contributed by atoms with Crippen molar-refractivity contribution < 1.29 is 9.84 Å². The smallest absolute Gasteiger partial charge is 0.0897 e. The summed E-state index contributed by atoms with van der Waals surface area (Å²) >= 11 is 0. The van der Waals surface area contributed by atoms with Crippen molar-refractivity contribution in [1.82, 2.24) is 5.32 Å². The van der Waals surface area contributed by atoms with Gasteiger partial charge in [-0.3, -0.25) is 0 Å². The molecule has 1 aromatic carbocycles. The number of aliphatic hydroxyl groups is 1. The molecule has 0 bridgehead atoms. The molecule has 0 saturated heterocycles. The Kier molecular flexibility index (Phi) is 6.51. The molecular formula is C17H27NO2. The molecule has 0 radical (unpaired) electrons. The lowest BCUT2D eigenvalue weighted by Crippen LogP contribution is -2.39. The summed E-state index contributed by atoms with van der Waals surface area (Å²) in [5, 5.41) is 13.4. The largest absolute Gasteiger partial charge is 0.389 e. The van der Waals surface area contributed by atoms with Gasteiger partial charge >= 0.3 is 0 Å². The predicted molar refractivity (Wildman–Crippen MR) is 81.5 cm³/mol. The lowest BCUT2D eigenvalue weighted by molar-refractivity contribution is 0.0270. The number of ether oxygens (including phenoxy) is 1. The third-order valence-corrected chi connectivity index (χ3v) is 4.20. The molecule has 0 aromatic heterocycles. The Labute approximate surface area is 122 Å². The number of benzene rings is 1. The minimum atomic E-state index is -0.428. The van der Waals surface area contributed by atoms with Crippen LogP contribution in [0.1, 0.15) is 38.2 Å². The van der Waals surface area contributed by atoms with Crippen LogP contribution in [0.15, 0.2) is 30.3 Å². The van der Waals surface area contributed by atoms with Crippen LogP contribution in [0.25, 0.3) is 0 Å². The summed E-state index contributed by atoms with van der Waals surface area (Å²) in [6.45, 7) is 3.80. The number of hydrogen-bond acceptors (Lipinski definition) is 3. The zero-order valence-corrected chi connectivity index (χ0v) is 12.4. The monoisotopic (exact) mass is 277 g/mol. The first-order chi connectivity index (χ1) is 9.75. The fourth-order valence-corrected chi connectivity index (χ4v) is 2.89. The van der Waals surface area contributed by atoms with Crippen LogP contribution in [-0.4, -0.2) is 30.4 Å². The molecule has 1 unspecified atom stereocenters. The highest BCUT2D eigenvalue weighted by molar-refractivity contribution is 5.13. The second-order valence-electron chi connectivity index (χ2n) is 5.90. The number of rotatable bonds is 8. The van der Waals surface area contributed by atoms with E-state index in [1.165, 1.54) is 25.7 Å². The molecule has 0 heterocycles. The normalized spacial score (nSPS) is 19.1. The molecule has 2 rings (SSSR count). The van der Waals surface area contributed by atoms with Crippen LogP contribution in [0.3, 0.4) is 0 Å². The molecule has 2 N–H and O–H groups in total. The van der Waals surface area contributed by atoms with Gasteiger partial charge in [-0.05, 0) is 31.2 Å². The highest BCUT2D eigenvalue weighted by atomic mass is 16.5. The summed E-state index contributed by atoms with van der Waals surface area (Å²) in [5.41, 5.74) is 1.15. The maximum atomic E-state index is 9.93. The van der Waals surface area contributed by atoms with Crippen molar-refractivity contribution >= 4 is 0 Å². The van der Waals surface area contributed by atoms with Gasteiger partial charge in [0.05, 0.1) is 19.3 Å². The summed E-state index contributed by atoms with van der Waals surface area (Å²) in [6.07, 6.45) is 4.95. The van der Waals surface area contributed by atoms with Crippen LogP contribution >= 0.6 is 0 Å². The lowest BCUT2D eigenvalue weighted by Gasteiger charge is -2.22. The van der Waals surface area contributed by atoms with Crippen LogP contribution in [0, 0.1) is 5.92 Å². The van der Waals surface area contributed by atoms with Crippen molar-refractivity contribution in [2.24, 2.45) is 5.92 Å². The van der Waals surface area contributed by atoms with Crippen molar-refractivity contribution in [2.75, 3.05) is 13.2 Å². The fraction of sp³-hybridized carbons (Fsp3) is 0.647. The van der Waals surface area contributed by atoms with Crippen LogP contribution in [0.2, 0.25) is 0 Å². The number of nitrogens with one attached hydrogen (secondary N) is 1. The van der Waals surface area contributed by atoms with Crippen molar-refractivity contribution in [3.05, 3.63) is 35.9 Å². The average Bonchev–Trinajstić information content (AvgIpc) is 3.00. The standard InChI is InChI=1S/C17H27NO2/c1-14(16-9-5-6-10-16)18-11-17(19)13-20-12-15-7-3-2-4-8-15/h2-4,7-8,14,16-19H,5-6,9-13H2,1H3/t14-,17?/m0/s1. The Morgan fingerprint density at radius 2 is 1.95 bits per heavy atom. The number of aliphatic hydroxyl groups excluding tert-OH is 1. The van der Waals surface area contributed by atoms with E-state index in [9.17, 15) is 5.11 Å². The van der Waals surface area contributed by atoms with Gasteiger partial charge in [-0.15, -0.1) is 0 Å². The maximum Gasteiger partial charge on any atom is 0.0897 e. The molecule has 112 valence electrons. The molecule has 1 fully saturated rings. The van der Waals surface area contributed by atoms with Crippen molar-refractivity contribution in [2.45, 2.75) is 51.4 Å². The van der Waals surface area contributed by atoms with E-state index in [-0.39, 0.29) is 0 Å². The van der Waals surface area contributed by atoms with E-state index in [1.807, 2.05) is 30.3 Å². The molecule has 1 aromatic rings. The molecule has 20 heavy (non-hydrogen) atoms. The van der Waals surface area contributed by atoms with E-state index in [2.05, 4.69) is 12.2 Å². The van der Waals surface area contributed by atoms with Crippen LogP contribution < -0.4 is 5.32 Å². The topological polar surface area (TPSA) is 41.5 Å². The lowest BCUT2D eigenvalue weighted by atomic mass is 10.00. The third-order valence-electron chi connectivity index (χ3n) is 4.20. The SMILES string of the molecule is C[C@H](NCC(O)COCc1ccccc1)C1CCCC1. The second-order valence-corrected chi connectivity index (χ2v) is 5.90. The van der Waals surface area contributed by atoms with Crippen LogP contribution in [-0.2, 0) is 11.3 Å². The van der Waals surface area contributed by atoms with Crippen molar-refractivity contribution in [1.29, 1.82) is 0 Å². The first-order valence-corrected chi connectivity index (χ1v) is 7.79. The molecule has 3 nitrogen and oxygen atoms in total. The Bertz CT molecular complexity index is 363. The minimum Gasteiger partial charge on any atom is -0.389 e. The fourth-order valence-electron chi connectivity index (χ4n) is 2.89. The van der Waals surface area contributed by atoms with Gasteiger partial charge in [-0.1, -0.05) is 43.2 Å². The molecular weight excluding hydrogens is 250 g/mol. The van der Waals surface area contributed by atoms with Gasteiger partial charge in [0, 0.05) is 12.6 Å². The molecule has 3 heteroatoms. The van der Waals surface area contributed by atoms with Gasteiger partial charge in [0.1, 0.15) is 0 Å². The van der Waals surface area contributed by atoms with Gasteiger partial charge in [0.25, 0.3) is 0 Å². The van der Waals surface area contributed by atoms with E-state index >= 15 is 0 Å². The van der Waals surface area contributed by atoms with E-state index in [0.29, 0.717) is 25.8 Å². The molecule has 0 amide bonds. The minimum absolute atomic E-state index is 0.388. The summed E-state index contributed by atoms with van der Waals surface area (Å²) in [4.78, 5) is 0. The summed E-state index contributed by atoms with van der Waals surface area (Å²) in [5.74, 6) is 0.785. The summed E-state index contributed by atoms with van der Waals surface area (Å²) in [6, 6.07) is 10.6. The highest BCUT2D eigenvalue weighted by Crippen LogP contribution is 2.27. The zero-order valence-electron chi connectivity index (χ0n) is 12.4. The van der Waals surface area contributed by atoms with E-state index in [0.717, 1.165) is 11.5 Å². The van der Waals surface area contributed by atoms with Crippen molar-refractivity contribution in [3.63, 3.8) is 0 Å². The highest BCUT2D eigenvalue weighted by Gasteiger charge is 2.21. The molecule has 1 aliphatic carbocycles. The number of hydrogen-bond donors (Lipinski definition) is 2. The summed E-state index contributed by atoms with van der Waals surface area (Å²) in [7, 11) is 0. The molecule has 0 aliphatic heterocycles. The van der Waals surface area contributed by atoms with E-state index in [1.54, 1.807) is 0 Å². The first-order valence-electron chi connectivity index (χ1n) is 7.79. The van der Waals surface area contributed by atoms with E-state index < -0.39 is 6.10 Å². The van der Waals surface area contributed by atoms with Gasteiger partial charge < -0.3 is 15.2 Å². The first kappa shape index (κ1) is 15.5. The average molecular weight is 277 g/mol. The molecule has 1 aliphatic rings. The molecule has 1 saturated carbocycles. The Hall–Kier alpha value is -0.900. The van der Waals surface area contributed by atoms with Crippen LogP contribution in [0.5, 0.6) is 0 Å². The Morgan fingerprint density at radius 3 is 2.65 bits per heavy atom. The van der Waals surface area contributed by atoms with Gasteiger partial charge in [-0.25, -0.2) is 0 Å². The molecule has 2 atom stereocenters. The third kappa shape index (κ3) is 5.23. The van der Waals surface area contributed by atoms with Crippen molar-refractivity contribution in [3.8, 4) is 0 Å². The van der Waals surface area contributed by atoms with Gasteiger partial charge in [0.2, 0.25) is 0 Å². The van der Waals surface area contributed by atoms with Gasteiger partial charge in [0.15, 0.2) is 0 Å². The zero-order chi connectivity index (χ0) is 14.2. The predicted octanol–water partition coefficient (Wildman–Crippen LogP) is 2.73. The van der Waals surface area contributed by atoms with Crippen LogP contribution in [0.4, 0.5) is 0 Å². The maximum absolute atomic E-state index is 9.93. The summed E-state index contributed by atoms with van der Waals surface area (Å²) < 4.78 is 5.55. The second kappa shape index (κ2) is 8.40. The van der Waals surface area contributed by atoms with E-state index in [4.69, 9.17) is 4.74 Å². The molecule has 0 spiro atoms.